The van der Waals surface area contributed by atoms with Crippen molar-refractivity contribution in [3.05, 3.63) is 33.3 Å². The second-order valence-corrected chi connectivity index (χ2v) is 7.84. The normalized spacial score (nSPS) is 13.6. The summed E-state index contributed by atoms with van der Waals surface area (Å²) in [6.45, 7) is 4.06. The summed E-state index contributed by atoms with van der Waals surface area (Å²) in [7, 11) is -2.64. The van der Waals surface area contributed by atoms with Crippen molar-refractivity contribution in [3.63, 3.8) is 0 Å². The summed E-state index contributed by atoms with van der Waals surface area (Å²) in [6.07, 6.45) is 0.460. The van der Waals surface area contributed by atoms with Crippen molar-refractivity contribution >= 4 is 27.3 Å². The number of nitrogens with zero attached hydrogens (tertiary/aromatic N) is 2. The number of benzene rings is 1. The van der Waals surface area contributed by atoms with Gasteiger partial charge in [0.05, 0.1) is 4.92 Å². The number of nitro groups is 1. The molecule has 7 nitrogen and oxygen atoms in total. The summed E-state index contributed by atoms with van der Waals surface area (Å²) in [5.41, 5.74) is 5.40. The maximum absolute atomic E-state index is 12.5. The molecule has 0 amide bonds. The molecule has 1 rings (SSSR count). The van der Waals surface area contributed by atoms with Gasteiger partial charge in [-0.3, -0.25) is 10.1 Å². The van der Waals surface area contributed by atoms with E-state index in [1.807, 2.05) is 13.8 Å². The molecule has 0 aromatic heterocycles. The minimum absolute atomic E-state index is 0.122. The third-order valence-electron chi connectivity index (χ3n) is 3.44. The average Bonchev–Trinajstić information content (AvgIpc) is 2.43. The smallest absolute Gasteiger partial charge is 0.289 e. The fourth-order valence-corrected chi connectivity index (χ4v) is 3.40. The molecule has 0 aliphatic rings. The Kier molecular flexibility index (Phi) is 6.30. The van der Waals surface area contributed by atoms with E-state index in [0.717, 1.165) is 16.4 Å². The average molecular weight is 350 g/mol. The summed E-state index contributed by atoms with van der Waals surface area (Å²) >= 11 is 5.78. The van der Waals surface area contributed by atoms with E-state index < -0.39 is 25.5 Å². The van der Waals surface area contributed by atoms with E-state index in [0.29, 0.717) is 6.42 Å². The van der Waals surface area contributed by atoms with Crippen LogP contribution in [0.25, 0.3) is 0 Å². The molecule has 0 saturated carbocycles. The maximum Gasteiger partial charge on any atom is 0.289 e. The number of halogens is 1. The zero-order valence-corrected chi connectivity index (χ0v) is 14.3. The van der Waals surface area contributed by atoms with Crippen molar-refractivity contribution in [2.24, 2.45) is 11.7 Å². The molecule has 1 atom stereocenters. The highest BCUT2D eigenvalue weighted by Crippen LogP contribution is 2.29. The van der Waals surface area contributed by atoms with Crippen molar-refractivity contribution in [2.45, 2.75) is 31.2 Å². The molecule has 0 bridgehead atoms. The van der Waals surface area contributed by atoms with E-state index >= 15 is 0 Å². The Hall–Kier alpha value is -1.22. The van der Waals surface area contributed by atoms with E-state index in [-0.39, 0.29) is 23.5 Å². The van der Waals surface area contributed by atoms with Gasteiger partial charge in [0.2, 0.25) is 10.0 Å². The van der Waals surface area contributed by atoms with Gasteiger partial charge in [0.15, 0.2) is 4.90 Å². The number of nitrogens with two attached hydrogens (primary N) is 1. The first kappa shape index (κ1) is 18.8. The van der Waals surface area contributed by atoms with Gasteiger partial charge in [-0.2, -0.15) is 0 Å². The molecular formula is C13H20ClN3O4S. The van der Waals surface area contributed by atoms with Crippen LogP contribution in [0.15, 0.2) is 23.1 Å². The molecule has 1 unspecified atom stereocenters. The SMILES string of the molecule is CC(C)C(N)CCN(C)S(=O)(=O)c1cc(Cl)ccc1[N+](=O)[O-]. The molecule has 2 N–H and O–H groups in total. The van der Waals surface area contributed by atoms with E-state index in [1.165, 1.54) is 13.1 Å². The van der Waals surface area contributed by atoms with Crippen molar-refractivity contribution in [1.29, 1.82) is 0 Å². The molecule has 0 spiro atoms. The first-order valence-corrected chi connectivity index (χ1v) is 8.55. The highest BCUT2D eigenvalue weighted by Gasteiger charge is 2.30. The lowest BCUT2D eigenvalue weighted by atomic mass is 10.0. The Morgan fingerprint density at radius 2 is 2.00 bits per heavy atom. The van der Waals surface area contributed by atoms with Gasteiger partial charge in [-0.15, -0.1) is 0 Å². The van der Waals surface area contributed by atoms with E-state index in [2.05, 4.69) is 0 Å². The van der Waals surface area contributed by atoms with Crippen LogP contribution >= 0.6 is 11.6 Å². The lowest BCUT2D eigenvalue weighted by molar-refractivity contribution is -0.387. The molecule has 0 heterocycles. The van der Waals surface area contributed by atoms with Gasteiger partial charge < -0.3 is 5.73 Å². The van der Waals surface area contributed by atoms with Crippen molar-refractivity contribution < 1.29 is 13.3 Å². The van der Waals surface area contributed by atoms with Crippen LogP contribution in [0.5, 0.6) is 0 Å². The van der Waals surface area contributed by atoms with Gasteiger partial charge in [0.25, 0.3) is 5.69 Å². The summed E-state index contributed by atoms with van der Waals surface area (Å²) in [6, 6.07) is 3.32. The van der Waals surface area contributed by atoms with Gasteiger partial charge in [0.1, 0.15) is 0 Å². The summed E-state index contributed by atoms with van der Waals surface area (Å²) in [4.78, 5) is 9.87. The molecular weight excluding hydrogens is 330 g/mol. The maximum atomic E-state index is 12.5. The molecule has 1 aromatic carbocycles. The molecule has 0 saturated heterocycles. The lowest BCUT2D eigenvalue weighted by Gasteiger charge is -2.21. The predicted molar refractivity (Wildman–Crippen MR) is 85.4 cm³/mol. The molecule has 0 aliphatic carbocycles. The molecule has 0 radical (unpaired) electrons. The van der Waals surface area contributed by atoms with Crippen LogP contribution in [0.1, 0.15) is 20.3 Å². The Bertz CT molecular complexity index is 649. The zero-order chi connectivity index (χ0) is 17.1. The van der Waals surface area contributed by atoms with Gasteiger partial charge in [0, 0.05) is 30.7 Å². The molecule has 124 valence electrons. The zero-order valence-electron chi connectivity index (χ0n) is 12.7. The molecule has 0 aliphatic heterocycles. The second-order valence-electron chi connectivity index (χ2n) is 5.39. The summed E-state index contributed by atoms with van der Waals surface area (Å²) in [5.74, 6) is 0.219. The topological polar surface area (TPSA) is 107 Å². The van der Waals surface area contributed by atoms with Gasteiger partial charge in [-0.25, -0.2) is 12.7 Å². The minimum atomic E-state index is -4.01. The third kappa shape index (κ3) is 4.39. The van der Waals surface area contributed by atoms with Crippen LogP contribution < -0.4 is 5.73 Å². The lowest BCUT2D eigenvalue weighted by Crippen LogP contribution is -2.34. The molecule has 22 heavy (non-hydrogen) atoms. The Morgan fingerprint density at radius 1 is 1.41 bits per heavy atom. The molecule has 9 heteroatoms. The first-order valence-electron chi connectivity index (χ1n) is 6.73. The number of rotatable bonds is 7. The van der Waals surface area contributed by atoms with Gasteiger partial charge >= 0.3 is 0 Å². The highest BCUT2D eigenvalue weighted by molar-refractivity contribution is 7.89. The Morgan fingerprint density at radius 3 is 2.50 bits per heavy atom. The van der Waals surface area contributed by atoms with Crippen LogP contribution in [-0.4, -0.2) is 37.3 Å². The number of nitro benzene ring substituents is 1. The Labute approximate surface area is 135 Å². The van der Waals surface area contributed by atoms with Crippen LogP contribution in [0.3, 0.4) is 0 Å². The molecule has 1 aromatic rings. The fraction of sp³-hybridized carbons (Fsp3) is 0.538. The number of sulfonamides is 1. The number of hydrogen-bond acceptors (Lipinski definition) is 5. The second kappa shape index (κ2) is 7.36. The van der Waals surface area contributed by atoms with Crippen LogP contribution in [0.4, 0.5) is 5.69 Å². The van der Waals surface area contributed by atoms with E-state index in [1.54, 1.807) is 0 Å². The summed E-state index contributed by atoms with van der Waals surface area (Å²) < 4.78 is 26.1. The van der Waals surface area contributed by atoms with Crippen molar-refractivity contribution in [2.75, 3.05) is 13.6 Å². The quantitative estimate of drug-likeness (QED) is 0.600. The van der Waals surface area contributed by atoms with E-state index in [4.69, 9.17) is 17.3 Å². The van der Waals surface area contributed by atoms with Gasteiger partial charge in [-0.05, 0) is 24.5 Å². The van der Waals surface area contributed by atoms with Crippen molar-refractivity contribution in [1.82, 2.24) is 4.31 Å². The summed E-state index contributed by atoms with van der Waals surface area (Å²) in [5, 5.41) is 11.1. The predicted octanol–water partition coefficient (Wildman–Crippen LogP) is 2.24. The Balaban J connectivity index is 3.08. The third-order valence-corrected chi connectivity index (χ3v) is 5.56. The minimum Gasteiger partial charge on any atom is -0.327 e. The standard InChI is InChI=1S/C13H20ClN3O4S/c1-9(2)11(15)6-7-16(3)22(20,21)13-8-10(14)4-5-12(13)17(18)19/h4-5,8-9,11H,6-7,15H2,1-3H3. The van der Waals surface area contributed by atoms with Crippen molar-refractivity contribution in [3.8, 4) is 0 Å². The molecule has 0 fully saturated rings. The van der Waals surface area contributed by atoms with E-state index in [9.17, 15) is 18.5 Å². The van der Waals surface area contributed by atoms with Gasteiger partial charge in [-0.1, -0.05) is 25.4 Å². The van der Waals surface area contributed by atoms with Crippen LogP contribution in [0.2, 0.25) is 5.02 Å². The first-order chi connectivity index (χ1) is 10.1. The van der Waals surface area contributed by atoms with Crippen LogP contribution in [0, 0.1) is 16.0 Å². The highest BCUT2D eigenvalue weighted by atomic mass is 35.5. The van der Waals surface area contributed by atoms with Crippen LogP contribution in [-0.2, 0) is 10.0 Å². The number of hydrogen-bond donors (Lipinski definition) is 1. The largest absolute Gasteiger partial charge is 0.327 e. The monoisotopic (exact) mass is 349 g/mol. The fourth-order valence-electron chi connectivity index (χ4n) is 1.80.